The van der Waals surface area contributed by atoms with Crippen molar-refractivity contribution in [2.24, 2.45) is 0 Å². The van der Waals surface area contributed by atoms with Crippen LogP contribution in [0, 0.1) is 6.92 Å². The van der Waals surface area contributed by atoms with E-state index in [1.54, 1.807) is 48.7 Å². The van der Waals surface area contributed by atoms with E-state index < -0.39 is 0 Å². The van der Waals surface area contributed by atoms with Crippen LogP contribution in [-0.4, -0.2) is 50.6 Å². The molecule has 0 saturated heterocycles. The van der Waals surface area contributed by atoms with Crippen LogP contribution in [0.4, 0.5) is 5.69 Å². The number of methoxy groups -OCH3 is 1. The van der Waals surface area contributed by atoms with Crippen LogP contribution in [0.15, 0.2) is 42.5 Å². The predicted octanol–water partition coefficient (Wildman–Crippen LogP) is 2.45. The van der Waals surface area contributed by atoms with E-state index in [0.29, 0.717) is 29.5 Å². The Morgan fingerprint density at radius 2 is 2.03 bits per heavy atom. The van der Waals surface area contributed by atoms with Gasteiger partial charge in [0.15, 0.2) is 5.82 Å². The number of fused-ring (bicyclic) bond motifs is 1. The van der Waals surface area contributed by atoms with Crippen molar-refractivity contribution in [3.8, 4) is 11.4 Å². The summed E-state index contributed by atoms with van der Waals surface area (Å²) in [6.45, 7) is 3.93. The number of ether oxygens (including phenoxy) is 1. The second-order valence-electron chi connectivity index (χ2n) is 7.45. The van der Waals surface area contributed by atoms with E-state index >= 15 is 0 Å². The normalized spacial score (nSPS) is 15.3. The smallest absolute Gasteiger partial charge is 0.226 e. The van der Waals surface area contributed by atoms with Gasteiger partial charge in [0, 0.05) is 19.2 Å². The summed E-state index contributed by atoms with van der Waals surface area (Å²) in [6, 6.07) is 13.0. The molecule has 160 valence electrons. The molecule has 0 fully saturated rings. The van der Waals surface area contributed by atoms with Gasteiger partial charge < -0.3 is 15.0 Å². The quantitative estimate of drug-likeness (QED) is 0.680. The van der Waals surface area contributed by atoms with Gasteiger partial charge in [-0.3, -0.25) is 9.59 Å². The lowest BCUT2D eigenvalue weighted by Gasteiger charge is -2.36. The number of tetrazole rings is 1. The molecule has 0 saturated carbocycles. The largest absolute Gasteiger partial charge is 0.494 e. The summed E-state index contributed by atoms with van der Waals surface area (Å²) < 4.78 is 6.96. The number of nitrogens with zero attached hydrogens (tertiary/aromatic N) is 5. The minimum absolute atomic E-state index is 0.0341. The molecule has 2 heterocycles. The van der Waals surface area contributed by atoms with Gasteiger partial charge in [0.05, 0.1) is 19.6 Å². The predicted molar refractivity (Wildman–Crippen MR) is 114 cm³/mol. The number of hydrogen-bond donors (Lipinski definition) is 1. The number of benzene rings is 2. The van der Waals surface area contributed by atoms with E-state index in [9.17, 15) is 9.59 Å². The molecule has 9 nitrogen and oxygen atoms in total. The van der Waals surface area contributed by atoms with Gasteiger partial charge in [0.25, 0.3) is 0 Å². The molecule has 1 aliphatic rings. The Bertz CT molecular complexity index is 1130. The fourth-order valence-electron chi connectivity index (χ4n) is 4.02. The molecule has 2 aromatic carbocycles. The number of aryl methyl sites for hydroxylation is 1. The fraction of sp³-hybridized carbons (Fsp3) is 0.318. The maximum Gasteiger partial charge on any atom is 0.226 e. The topological polar surface area (TPSA) is 102 Å². The highest BCUT2D eigenvalue weighted by Gasteiger charge is 2.30. The second kappa shape index (κ2) is 8.55. The summed E-state index contributed by atoms with van der Waals surface area (Å²) in [7, 11) is 1.56. The summed E-state index contributed by atoms with van der Waals surface area (Å²) in [5.74, 6) is 0.959. The Kier molecular flexibility index (Phi) is 5.66. The first-order chi connectivity index (χ1) is 15.0. The molecule has 1 aliphatic heterocycles. The fourth-order valence-corrected chi connectivity index (χ4v) is 4.02. The molecule has 0 bridgehead atoms. The van der Waals surface area contributed by atoms with Crippen LogP contribution in [-0.2, 0) is 16.0 Å². The number of carbonyl (C=O) groups excluding carboxylic acids is 2. The number of aromatic nitrogens is 4. The summed E-state index contributed by atoms with van der Waals surface area (Å²) in [5.41, 5.74) is 3.42. The summed E-state index contributed by atoms with van der Waals surface area (Å²) in [4.78, 5) is 26.9. The molecule has 1 N–H and O–H groups in total. The van der Waals surface area contributed by atoms with Crippen LogP contribution < -0.4 is 10.1 Å². The zero-order valence-corrected chi connectivity index (χ0v) is 17.7. The molecule has 1 atom stereocenters. The van der Waals surface area contributed by atoms with Crippen molar-refractivity contribution in [2.45, 2.75) is 32.7 Å². The number of nitrogens with one attached hydrogen (secondary N) is 1. The monoisotopic (exact) mass is 420 g/mol. The third-order valence-corrected chi connectivity index (χ3v) is 5.51. The van der Waals surface area contributed by atoms with Gasteiger partial charge in [0.1, 0.15) is 11.4 Å². The van der Waals surface area contributed by atoms with E-state index in [2.05, 4.69) is 26.9 Å². The summed E-state index contributed by atoms with van der Waals surface area (Å²) >= 11 is 0. The lowest BCUT2D eigenvalue weighted by molar-refractivity contribution is -0.132. The Balaban J connectivity index is 1.57. The molecule has 9 heteroatoms. The first-order valence-corrected chi connectivity index (χ1v) is 10.1. The van der Waals surface area contributed by atoms with Gasteiger partial charge in [-0.1, -0.05) is 24.3 Å². The highest BCUT2D eigenvalue weighted by molar-refractivity contribution is 5.92. The average Bonchev–Trinajstić information content (AvgIpc) is 3.19. The zero-order chi connectivity index (χ0) is 22.0. The van der Waals surface area contributed by atoms with Crippen LogP contribution in [0.2, 0.25) is 0 Å². The van der Waals surface area contributed by atoms with Gasteiger partial charge in [0.2, 0.25) is 11.8 Å². The molecule has 31 heavy (non-hydrogen) atoms. The van der Waals surface area contributed by atoms with Crippen LogP contribution in [0.25, 0.3) is 5.69 Å². The van der Waals surface area contributed by atoms with E-state index in [4.69, 9.17) is 4.74 Å². The van der Waals surface area contributed by atoms with Crippen molar-refractivity contribution in [1.82, 2.24) is 25.1 Å². The standard InChI is InChI=1S/C22H24N6O3/c1-14-24-25-26-28(14)20-12-17(8-9-21(20)31-3)23-22(30)13-19-18-7-5-4-6-16(18)10-11-27(19)15(2)29/h4-9,12,19H,10-11,13H2,1-3H3,(H,23,30). The van der Waals surface area contributed by atoms with Gasteiger partial charge in [-0.25, -0.2) is 0 Å². The van der Waals surface area contributed by atoms with Crippen LogP contribution in [0.3, 0.4) is 0 Å². The number of anilines is 1. The maximum atomic E-state index is 13.0. The second-order valence-corrected chi connectivity index (χ2v) is 7.45. The molecule has 2 amide bonds. The summed E-state index contributed by atoms with van der Waals surface area (Å²) in [5, 5.41) is 14.5. The molecule has 1 unspecified atom stereocenters. The van der Waals surface area contributed by atoms with Crippen LogP contribution in [0.5, 0.6) is 5.75 Å². The van der Waals surface area contributed by atoms with E-state index in [1.165, 1.54) is 5.56 Å². The number of rotatable bonds is 5. The van der Waals surface area contributed by atoms with Gasteiger partial charge >= 0.3 is 0 Å². The number of carbonyl (C=O) groups is 2. The van der Waals surface area contributed by atoms with Crippen LogP contribution >= 0.6 is 0 Å². The summed E-state index contributed by atoms with van der Waals surface area (Å²) in [6.07, 6.45) is 0.961. The van der Waals surface area contributed by atoms with Crippen molar-refractivity contribution in [1.29, 1.82) is 0 Å². The maximum absolute atomic E-state index is 13.0. The van der Waals surface area contributed by atoms with E-state index in [-0.39, 0.29) is 24.3 Å². The Hall–Kier alpha value is -3.75. The third kappa shape index (κ3) is 4.11. The molecule has 4 rings (SSSR count). The third-order valence-electron chi connectivity index (χ3n) is 5.51. The van der Waals surface area contributed by atoms with Gasteiger partial charge in [-0.2, -0.15) is 4.68 Å². The number of hydrogen-bond acceptors (Lipinski definition) is 6. The first-order valence-electron chi connectivity index (χ1n) is 10.1. The van der Waals surface area contributed by atoms with Gasteiger partial charge in [-0.15, -0.1) is 5.10 Å². The van der Waals surface area contributed by atoms with E-state index in [1.807, 2.05) is 18.2 Å². The van der Waals surface area contributed by atoms with Gasteiger partial charge in [-0.05, 0) is 53.1 Å². The van der Waals surface area contributed by atoms with Crippen LogP contribution in [0.1, 0.15) is 36.3 Å². The lowest BCUT2D eigenvalue weighted by Crippen LogP contribution is -2.40. The molecule has 0 radical (unpaired) electrons. The Labute approximate surface area is 180 Å². The van der Waals surface area contributed by atoms with Crippen molar-refractivity contribution in [2.75, 3.05) is 19.0 Å². The molecule has 1 aromatic heterocycles. The average molecular weight is 420 g/mol. The highest BCUT2D eigenvalue weighted by atomic mass is 16.5. The van der Waals surface area contributed by atoms with Crippen molar-refractivity contribution in [3.05, 3.63) is 59.4 Å². The molecule has 0 spiro atoms. The Morgan fingerprint density at radius 1 is 1.23 bits per heavy atom. The lowest BCUT2D eigenvalue weighted by atomic mass is 9.90. The molecular weight excluding hydrogens is 396 g/mol. The van der Waals surface area contributed by atoms with E-state index in [0.717, 1.165) is 12.0 Å². The number of amides is 2. The first kappa shape index (κ1) is 20.5. The zero-order valence-electron chi connectivity index (χ0n) is 17.7. The van der Waals surface area contributed by atoms with Crippen molar-refractivity contribution in [3.63, 3.8) is 0 Å². The SMILES string of the molecule is COc1ccc(NC(=O)CC2c3ccccc3CCN2C(C)=O)cc1-n1nnnc1C. The minimum Gasteiger partial charge on any atom is -0.494 e. The minimum atomic E-state index is -0.290. The van der Waals surface area contributed by atoms with Crippen molar-refractivity contribution >= 4 is 17.5 Å². The molecule has 0 aliphatic carbocycles. The molecular formula is C22H24N6O3. The molecule has 3 aromatic rings. The van der Waals surface area contributed by atoms with Crippen molar-refractivity contribution < 1.29 is 14.3 Å². The Morgan fingerprint density at radius 3 is 2.74 bits per heavy atom. The highest BCUT2D eigenvalue weighted by Crippen LogP contribution is 2.33.